The van der Waals surface area contributed by atoms with Crippen LogP contribution < -0.4 is 5.32 Å². The molecule has 0 aromatic heterocycles. The number of nitrogens with one attached hydrogen (secondary N) is 1. The minimum Gasteiger partial charge on any atom is -0.396 e. The van der Waals surface area contributed by atoms with Crippen LogP contribution in [-0.4, -0.2) is 60.4 Å². The van der Waals surface area contributed by atoms with Gasteiger partial charge in [-0.2, -0.15) is 0 Å². The molecule has 21 heavy (non-hydrogen) atoms. The second-order valence-corrected chi connectivity index (χ2v) is 6.89. The van der Waals surface area contributed by atoms with Gasteiger partial charge in [-0.05, 0) is 46.5 Å². The third-order valence-electron chi connectivity index (χ3n) is 5.37. The molecule has 0 bridgehead atoms. The number of ether oxygens (including phenoxy) is 1. The van der Waals surface area contributed by atoms with Crippen molar-refractivity contribution in [3.8, 4) is 0 Å². The molecule has 2 N–H and O–H groups in total. The lowest BCUT2D eigenvalue weighted by Gasteiger charge is -2.37. The topological polar surface area (TPSA) is 61.8 Å². The Labute approximate surface area is 128 Å². The van der Waals surface area contributed by atoms with E-state index in [0.29, 0.717) is 31.8 Å². The van der Waals surface area contributed by atoms with E-state index in [1.54, 1.807) is 0 Å². The van der Waals surface area contributed by atoms with Crippen molar-refractivity contribution in [2.24, 2.45) is 5.41 Å². The van der Waals surface area contributed by atoms with Crippen molar-refractivity contribution in [2.45, 2.75) is 64.6 Å². The first-order valence-corrected chi connectivity index (χ1v) is 8.23. The van der Waals surface area contributed by atoms with Crippen LogP contribution in [0.2, 0.25) is 0 Å². The van der Waals surface area contributed by atoms with Crippen molar-refractivity contribution in [1.29, 1.82) is 0 Å². The van der Waals surface area contributed by atoms with E-state index in [0.717, 1.165) is 25.7 Å². The predicted molar refractivity (Wildman–Crippen MR) is 82.0 cm³/mol. The molecular weight excluding hydrogens is 268 g/mol. The Hall–Kier alpha value is -0.650. The fraction of sp³-hybridized carbons (Fsp3) is 0.938. The zero-order valence-corrected chi connectivity index (χ0v) is 13.6. The maximum absolute atomic E-state index is 12.5. The van der Waals surface area contributed by atoms with Crippen molar-refractivity contribution in [1.82, 2.24) is 10.2 Å². The molecule has 2 aliphatic heterocycles. The zero-order chi connectivity index (χ0) is 15.5. The Bertz CT molecular complexity index is 345. The van der Waals surface area contributed by atoms with Crippen molar-refractivity contribution in [3.05, 3.63) is 0 Å². The molecule has 0 spiro atoms. The highest BCUT2D eigenvalue weighted by atomic mass is 16.5. The zero-order valence-electron chi connectivity index (χ0n) is 13.6. The van der Waals surface area contributed by atoms with Gasteiger partial charge in [-0.3, -0.25) is 9.69 Å². The van der Waals surface area contributed by atoms with E-state index in [1.165, 1.54) is 0 Å². The Morgan fingerprint density at radius 1 is 1.33 bits per heavy atom. The summed E-state index contributed by atoms with van der Waals surface area (Å²) in [5.41, 5.74) is -0.199. The van der Waals surface area contributed by atoms with Crippen LogP contribution in [0.4, 0.5) is 0 Å². The van der Waals surface area contributed by atoms with Gasteiger partial charge < -0.3 is 15.2 Å². The smallest absolute Gasteiger partial charge is 0.237 e. The standard InChI is InChI=1S/C16H30N2O3/c1-12-4-5-13(2)18(12)14(3)15(20)17-10-16(11-19)6-8-21-9-7-16/h12-14,19H,4-11H2,1-3H3,(H,17,20)/t12-,13+,14-/m1/s1. The number of hydrogen-bond acceptors (Lipinski definition) is 4. The van der Waals surface area contributed by atoms with Gasteiger partial charge in [0.15, 0.2) is 0 Å². The number of hydrogen-bond donors (Lipinski definition) is 2. The Morgan fingerprint density at radius 2 is 1.90 bits per heavy atom. The van der Waals surface area contributed by atoms with Crippen LogP contribution >= 0.6 is 0 Å². The molecule has 0 aromatic rings. The van der Waals surface area contributed by atoms with E-state index < -0.39 is 0 Å². The summed E-state index contributed by atoms with van der Waals surface area (Å²) in [6, 6.07) is 0.833. The molecule has 5 nitrogen and oxygen atoms in total. The van der Waals surface area contributed by atoms with Crippen LogP contribution in [0.1, 0.15) is 46.5 Å². The van der Waals surface area contributed by atoms with Gasteiger partial charge >= 0.3 is 0 Å². The molecule has 3 atom stereocenters. The molecule has 2 aliphatic rings. The van der Waals surface area contributed by atoms with Gasteiger partial charge in [0.25, 0.3) is 0 Å². The largest absolute Gasteiger partial charge is 0.396 e. The Morgan fingerprint density at radius 3 is 2.43 bits per heavy atom. The molecule has 2 rings (SSSR count). The molecular formula is C16H30N2O3. The number of rotatable bonds is 5. The molecule has 0 radical (unpaired) electrons. The number of nitrogens with zero attached hydrogens (tertiary/aromatic N) is 1. The lowest BCUT2D eigenvalue weighted by molar-refractivity contribution is -0.128. The summed E-state index contributed by atoms with van der Waals surface area (Å²) < 4.78 is 5.36. The summed E-state index contributed by atoms with van der Waals surface area (Å²) in [5, 5.41) is 12.7. The molecule has 2 saturated heterocycles. The number of amides is 1. The fourth-order valence-electron chi connectivity index (χ4n) is 3.73. The highest BCUT2D eigenvalue weighted by molar-refractivity contribution is 5.81. The summed E-state index contributed by atoms with van der Waals surface area (Å²) in [7, 11) is 0. The van der Waals surface area contributed by atoms with Crippen molar-refractivity contribution in [3.63, 3.8) is 0 Å². The fourth-order valence-corrected chi connectivity index (χ4v) is 3.73. The van der Waals surface area contributed by atoms with E-state index in [2.05, 4.69) is 24.1 Å². The molecule has 122 valence electrons. The first-order chi connectivity index (χ1) is 9.99. The van der Waals surface area contributed by atoms with E-state index in [-0.39, 0.29) is 24.0 Å². The van der Waals surface area contributed by atoms with Crippen LogP contribution in [0.3, 0.4) is 0 Å². The van der Waals surface area contributed by atoms with Crippen LogP contribution in [0.15, 0.2) is 0 Å². The van der Waals surface area contributed by atoms with Crippen molar-refractivity contribution in [2.75, 3.05) is 26.4 Å². The molecule has 0 unspecified atom stereocenters. The van der Waals surface area contributed by atoms with E-state index in [1.807, 2.05) is 6.92 Å². The molecule has 0 aromatic carbocycles. The molecule has 2 fully saturated rings. The first kappa shape index (κ1) is 16.7. The minimum absolute atomic E-state index is 0.0786. The average Bonchev–Trinajstić information content (AvgIpc) is 2.84. The van der Waals surface area contributed by atoms with Gasteiger partial charge in [0.05, 0.1) is 12.6 Å². The van der Waals surface area contributed by atoms with Gasteiger partial charge in [-0.15, -0.1) is 0 Å². The lowest BCUT2D eigenvalue weighted by atomic mass is 9.81. The second kappa shape index (κ2) is 7.07. The van der Waals surface area contributed by atoms with E-state index in [9.17, 15) is 9.90 Å². The summed E-state index contributed by atoms with van der Waals surface area (Å²) in [6.45, 7) is 8.39. The third-order valence-corrected chi connectivity index (χ3v) is 5.37. The summed E-state index contributed by atoms with van der Waals surface area (Å²) in [5.74, 6) is 0.0786. The van der Waals surface area contributed by atoms with Crippen molar-refractivity contribution >= 4 is 5.91 Å². The quantitative estimate of drug-likeness (QED) is 0.799. The summed E-state index contributed by atoms with van der Waals surface area (Å²) in [6.07, 6.45) is 3.96. The maximum atomic E-state index is 12.5. The van der Waals surface area contributed by atoms with Crippen LogP contribution in [0.25, 0.3) is 0 Å². The molecule has 0 saturated carbocycles. The van der Waals surface area contributed by atoms with Gasteiger partial charge in [-0.1, -0.05) is 0 Å². The normalized spacial score (nSPS) is 31.0. The summed E-state index contributed by atoms with van der Waals surface area (Å²) in [4.78, 5) is 14.8. The lowest BCUT2D eigenvalue weighted by Crippen LogP contribution is -2.52. The van der Waals surface area contributed by atoms with E-state index in [4.69, 9.17) is 4.74 Å². The minimum atomic E-state index is -0.199. The number of aliphatic hydroxyl groups is 1. The van der Waals surface area contributed by atoms with Gasteiger partial charge in [0.2, 0.25) is 5.91 Å². The maximum Gasteiger partial charge on any atom is 0.237 e. The second-order valence-electron chi connectivity index (χ2n) is 6.89. The number of aliphatic hydroxyl groups excluding tert-OH is 1. The van der Waals surface area contributed by atoms with E-state index >= 15 is 0 Å². The van der Waals surface area contributed by atoms with Crippen LogP contribution in [0, 0.1) is 5.41 Å². The van der Waals surface area contributed by atoms with Crippen molar-refractivity contribution < 1.29 is 14.6 Å². The van der Waals surface area contributed by atoms with Gasteiger partial charge in [0, 0.05) is 37.3 Å². The predicted octanol–water partition coefficient (Wildman–Crippen LogP) is 1.15. The highest BCUT2D eigenvalue weighted by Gasteiger charge is 2.36. The van der Waals surface area contributed by atoms with Crippen LogP contribution in [-0.2, 0) is 9.53 Å². The summed E-state index contributed by atoms with van der Waals surface area (Å²) >= 11 is 0. The van der Waals surface area contributed by atoms with Crippen LogP contribution in [0.5, 0.6) is 0 Å². The molecule has 5 heteroatoms. The number of likely N-dealkylation sites (tertiary alicyclic amines) is 1. The highest BCUT2D eigenvalue weighted by Crippen LogP contribution is 2.29. The van der Waals surface area contributed by atoms with Gasteiger partial charge in [0.1, 0.15) is 0 Å². The molecule has 0 aliphatic carbocycles. The molecule has 2 heterocycles. The SMILES string of the molecule is C[C@@H]1CC[C@H](C)N1[C@H](C)C(=O)NCC1(CO)CCOCC1. The third kappa shape index (κ3) is 3.76. The first-order valence-electron chi connectivity index (χ1n) is 8.23. The molecule has 1 amide bonds. The Kier molecular flexibility index (Phi) is 5.63. The monoisotopic (exact) mass is 298 g/mol. The number of carbonyl (C=O) groups excluding carboxylic acids is 1. The number of carbonyl (C=O) groups is 1. The Balaban J connectivity index is 1.88. The average molecular weight is 298 g/mol. The van der Waals surface area contributed by atoms with Gasteiger partial charge in [-0.25, -0.2) is 0 Å².